The summed E-state index contributed by atoms with van der Waals surface area (Å²) >= 11 is 5.68. The third-order valence-corrected chi connectivity index (χ3v) is 6.11. The van der Waals surface area contributed by atoms with E-state index >= 15 is 0 Å². The zero-order chi connectivity index (χ0) is 22.9. The number of aryl methyl sites for hydroxylation is 1. The minimum Gasteiger partial charge on any atom is -0.478 e. The third-order valence-electron chi connectivity index (χ3n) is 5.76. The van der Waals surface area contributed by atoms with Gasteiger partial charge in [0.2, 0.25) is 0 Å². The number of nitrogens with one attached hydrogen (secondary N) is 1. The molecular weight excluding hydrogens is 438 g/mol. The molecule has 1 aromatic carbocycles. The fourth-order valence-electron chi connectivity index (χ4n) is 4.18. The van der Waals surface area contributed by atoms with Gasteiger partial charge in [-0.1, -0.05) is 12.1 Å². The Labute approximate surface area is 195 Å². The lowest BCUT2D eigenvalue weighted by Gasteiger charge is -2.25. The fourth-order valence-corrected chi connectivity index (χ4v) is 4.49. The van der Waals surface area contributed by atoms with E-state index in [0.29, 0.717) is 17.4 Å². The highest BCUT2D eigenvalue weighted by Gasteiger charge is 2.42. The van der Waals surface area contributed by atoms with Gasteiger partial charge in [-0.15, -0.1) is 0 Å². The topological polar surface area (TPSA) is 91.7 Å². The van der Waals surface area contributed by atoms with Gasteiger partial charge < -0.3 is 24.2 Å². The van der Waals surface area contributed by atoms with Crippen LogP contribution in [0.1, 0.15) is 45.2 Å². The number of furan rings is 2. The van der Waals surface area contributed by atoms with Crippen LogP contribution in [0.4, 0.5) is 0 Å². The number of rotatable bonds is 6. The number of hydrogen-bond acceptors (Lipinski definition) is 5. The lowest BCUT2D eigenvalue weighted by Crippen LogP contribution is -2.28. The number of carboxylic acid groups (broad SMARTS) is 1. The molecule has 33 heavy (non-hydrogen) atoms. The van der Waals surface area contributed by atoms with E-state index in [1.54, 1.807) is 30.7 Å². The van der Waals surface area contributed by atoms with Crippen molar-refractivity contribution in [2.45, 2.75) is 25.6 Å². The molecule has 0 spiro atoms. The zero-order valence-corrected chi connectivity index (χ0v) is 18.6. The first-order valence-electron chi connectivity index (χ1n) is 10.5. The van der Waals surface area contributed by atoms with Crippen molar-refractivity contribution in [1.82, 2.24) is 15.2 Å². The maximum atomic E-state index is 11.3. The van der Waals surface area contributed by atoms with Gasteiger partial charge in [-0.2, -0.15) is 0 Å². The minimum absolute atomic E-state index is 0.205. The Kier molecular flexibility index (Phi) is 5.43. The van der Waals surface area contributed by atoms with E-state index in [2.05, 4.69) is 10.3 Å². The van der Waals surface area contributed by atoms with Crippen molar-refractivity contribution >= 4 is 23.3 Å². The summed E-state index contributed by atoms with van der Waals surface area (Å²) in [6, 6.07) is 17.9. The Morgan fingerprint density at radius 2 is 2.06 bits per heavy atom. The highest BCUT2D eigenvalue weighted by Crippen LogP contribution is 2.41. The Balaban J connectivity index is 1.53. The second kappa shape index (κ2) is 8.55. The van der Waals surface area contributed by atoms with Crippen LogP contribution in [0.15, 0.2) is 82.0 Å². The molecule has 2 N–H and O–H groups in total. The van der Waals surface area contributed by atoms with Gasteiger partial charge in [0.1, 0.15) is 23.3 Å². The van der Waals surface area contributed by atoms with Gasteiger partial charge in [0.05, 0.1) is 30.1 Å². The molecule has 5 rings (SSSR count). The SMILES string of the molecule is Cc1cc(C(=O)O)ccc1-c1ccc([C@H]2[C@@H](c3ccccn3)NC(=S)N2Cc2ccco2)o1. The number of carboxylic acids is 1. The first-order valence-corrected chi connectivity index (χ1v) is 10.9. The lowest BCUT2D eigenvalue weighted by atomic mass is 10.0. The normalized spacial score (nSPS) is 17.8. The number of nitrogens with zero attached hydrogens (tertiary/aromatic N) is 2. The van der Waals surface area contributed by atoms with Crippen LogP contribution in [-0.4, -0.2) is 26.1 Å². The van der Waals surface area contributed by atoms with Gasteiger partial charge in [0.15, 0.2) is 5.11 Å². The van der Waals surface area contributed by atoms with E-state index < -0.39 is 5.97 Å². The molecule has 1 saturated heterocycles. The summed E-state index contributed by atoms with van der Waals surface area (Å²) in [6.45, 7) is 2.35. The summed E-state index contributed by atoms with van der Waals surface area (Å²) in [4.78, 5) is 17.9. The van der Waals surface area contributed by atoms with Gasteiger partial charge in [-0.25, -0.2) is 4.79 Å². The molecule has 0 saturated carbocycles. The molecule has 1 fully saturated rings. The van der Waals surface area contributed by atoms with E-state index in [9.17, 15) is 9.90 Å². The van der Waals surface area contributed by atoms with Crippen LogP contribution in [0.5, 0.6) is 0 Å². The summed E-state index contributed by atoms with van der Waals surface area (Å²) in [5.41, 5.74) is 2.76. The van der Waals surface area contributed by atoms with Crippen molar-refractivity contribution in [2.75, 3.05) is 0 Å². The van der Waals surface area contributed by atoms with Crippen LogP contribution >= 0.6 is 12.2 Å². The molecule has 0 bridgehead atoms. The lowest BCUT2D eigenvalue weighted by molar-refractivity contribution is 0.0696. The van der Waals surface area contributed by atoms with E-state index in [-0.39, 0.29) is 17.6 Å². The van der Waals surface area contributed by atoms with Crippen molar-refractivity contribution in [3.63, 3.8) is 0 Å². The number of hydrogen-bond donors (Lipinski definition) is 2. The predicted molar refractivity (Wildman–Crippen MR) is 126 cm³/mol. The van der Waals surface area contributed by atoms with Crippen molar-refractivity contribution in [2.24, 2.45) is 0 Å². The molecule has 4 heterocycles. The zero-order valence-electron chi connectivity index (χ0n) is 17.8. The number of aromatic carboxylic acids is 1. The van der Waals surface area contributed by atoms with Gasteiger partial charge >= 0.3 is 5.97 Å². The Bertz CT molecular complexity index is 1300. The van der Waals surface area contributed by atoms with Crippen LogP contribution in [0.3, 0.4) is 0 Å². The monoisotopic (exact) mass is 459 g/mol. The smallest absolute Gasteiger partial charge is 0.335 e. The van der Waals surface area contributed by atoms with Crippen LogP contribution in [-0.2, 0) is 6.54 Å². The molecule has 166 valence electrons. The average Bonchev–Trinajstić information content (AvgIpc) is 3.56. The number of aromatic nitrogens is 1. The quantitative estimate of drug-likeness (QED) is 0.384. The Morgan fingerprint density at radius 1 is 1.18 bits per heavy atom. The number of thiocarbonyl (C=S) groups is 1. The summed E-state index contributed by atoms with van der Waals surface area (Å²) in [5, 5.41) is 13.2. The fraction of sp³-hybridized carbons (Fsp3) is 0.160. The van der Waals surface area contributed by atoms with E-state index in [1.807, 2.05) is 54.3 Å². The number of benzene rings is 1. The van der Waals surface area contributed by atoms with E-state index in [4.69, 9.17) is 21.1 Å². The van der Waals surface area contributed by atoms with Crippen molar-refractivity contribution in [3.05, 3.63) is 101 Å². The van der Waals surface area contributed by atoms with Crippen LogP contribution in [0.2, 0.25) is 0 Å². The Morgan fingerprint density at radius 3 is 2.76 bits per heavy atom. The van der Waals surface area contributed by atoms with Gasteiger partial charge in [0.25, 0.3) is 0 Å². The molecule has 0 unspecified atom stereocenters. The molecular formula is C25H21N3O4S. The first kappa shape index (κ1) is 21.0. The van der Waals surface area contributed by atoms with Crippen molar-refractivity contribution < 1.29 is 18.7 Å². The highest BCUT2D eigenvalue weighted by atomic mass is 32.1. The second-order valence-electron chi connectivity index (χ2n) is 7.87. The van der Waals surface area contributed by atoms with Crippen LogP contribution < -0.4 is 5.32 Å². The molecule has 8 heteroatoms. The minimum atomic E-state index is -0.956. The summed E-state index contributed by atoms with van der Waals surface area (Å²) < 4.78 is 11.9. The molecule has 2 atom stereocenters. The molecule has 0 aliphatic carbocycles. The molecule has 4 aromatic rings. The standard InChI is InChI=1S/C25H21N3O4S/c1-15-13-16(24(29)30)7-8-18(15)20-9-10-21(32-20)23-22(19-6-2-3-11-26-19)27-25(33)28(23)14-17-5-4-12-31-17/h2-13,22-23H,14H2,1H3,(H,27,33)(H,29,30)/t22-,23+/m1/s1. The average molecular weight is 460 g/mol. The maximum absolute atomic E-state index is 11.3. The van der Waals surface area contributed by atoms with E-state index in [1.165, 1.54) is 0 Å². The predicted octanol–water partition coefficient (Wildman–Crippen LogP) is 5.11. The third kappa shape index (κ3) is 4.01. The number of pyridine rings is 1. The molecule has 1 aliphatic rings. The Hall–Kier alpha value is -3.91. The summed E-state index contributed by atoms with van der Waals surface area (Å²) in [7, 11) is 0. The first-order chi connectivity index (χ1) is 16.0. The van der Waals surface area contributed by atoms with Crippen molar-refractivity contribution in [1.29, 1.82) is 0 Å². The van der Waals surface area contributed by atoms with Crippen molar-refractivity contribution in [3.8, 4) is 11.3 Å². The van der Waals surface area contributed by atoms with Gasteiger partial charge in [-0.3, -0.25) is 4.98 Å². The summed E-state index contributed by atoms with van der Waals surface area (Å²) in [6.07, 6.45) is 3.40. The molecule has 1 aliphatic heterocycles. The molecule has 0 radical (unpaired) electrons. The second-order valence-corrected chi connectivity index (χ2v) is 8.26. The van der Waals surface area contributed by atoms with Crippen LogP contribution in [0.25, 0.3) is 11.3 Å². The number of carbonyl (C=O) groups is 1. The molecule has 7 nitrogen and oxygen atoms in total. The summed E-state index contributed by atoms with van der Waals surface area (Å²) in [5.74, 6) is 1.22. The highest BCUT2D eigenvalue weighted by molar-refractivity contribution is 7.80. The molecule has 3 aromatic heterocycles. The van der Waals surface area contributed by atoms with Crippen LogP contribution in [0, 0.1) is 6.92 Å². The van der Waals surface area contributed by atoms with E-state index in [0.717, 1.165) is 28.3 Å². The largest absolute Gasteiger partial charge is 0.478 e. The maximum Gasteiger partial charge on any atom is 0.335 e. The molecule has 0 amide bonds. The van der Waals surface area contributed by atoms with Gasteiger partial charge in [0, 0.05) is 11.8 Å². The van der Waals surface area contributed by atoms with Gasteiger partial charge in [-0.05, 0) is 73.2 Å².